The first-order chi connectivity index (χ1) is 9.06. The van der Waals surface area contributed by atoms with Crippen LogP contribution in [-0.4, -0.2) is 16.2 Å². The lowest BCUT2D eigenvalue weighted by molar-refractivity contribution is 0.630. The fourth-order valence-electron chi connectivity index (χ4n) is 1.53. The van der Waals surface area contributed by atoms with Crippen molar-refractivity contribution in [3.63, 3.8) is 0 Å². The Balaban J connectivity index is 2.81. The molecule has 0 saturated carbocycles. The van der Waals surface area contributed by atoms with Crippen LogP contribution < -0.4 is 5.56 Å². The maximum Gasteiger partial charge on any atom is 0.270 e. The number of halogens is 2. The average Bonchev–Trinajstić information content (AvgIpc) is 2.40. The van der Waals surface area contributed by atoms with Gasteiger partial charge in [-0.15, -0.1) is 0 Å². The lowest BCUT2D eigenvalue weighted by Gasteiger charge is -2.06. The number of rotatable bonds is 2. The topological polar surface area (TPSA) is 69.5 Å². The third-order valence-electron chi connectivity index (χ3n) is 2.39. The van der Waals surface area contributed by atoms with E-state index in [2.05, 4.69) is 25.9 Å². The Morgan fingerprint density at radius 3 is 2.89 bits per heavy atom. The van der Waals surface area contributed by atoms with Gasteiger partial charge in [-0.25, -0.2) is 9.37 Å². The Morgan fingerprint density at radius 2 is 2.26 bits per heavy atom. The summed E-state index contributed by atoms with van der Waals surface area (Å²) in [5, 5.41) is 9.37. The van der Waals surface area contributed by atoms with E-state index in [1.165, 1.54) is 30.0 Å². The predicted molar refractivity (Wildman–Crippen MR) is 74.4 cm³/mol. The Morgan fingerprint density at radius 1 is 1.53 bits per heavy atom. The Kier molecular flexibility index (Phi) is 4.02. The summed E-state index contributed by atoms with van der Waals surface area (Å²) >= 11 is 4.44. The highest BCUT2D eigenvalue weighted by Gasteiger charge is 2.16. The Bertz CT molecular complexity index is 739. The normalized spacial score (nSPS) is 10.2. The number of hydrogen-bond acceptors (Lipinski definition) is 4. The summed E-state index contributed by atoms with van der Waals surface area (Å²) in [5.74, 6) is -0.537. The van der Waals surface area contributed by atoms with E-state index >= 15 is 0 Å². The van der Waals surface area contributed by atoms with Crippen LogP contribution in [0.15, 0.2) is 32.6 Å². The Labute approximate surface area is 120 Å². The van der Waals surface area contributed by atoms with E-state index in [-0.39, 0.29) is 16.8 Å². The number of nitrogens with one attached hydrogen (secondary N) is 1. The molecule has 0 atom stereocenters. The fraction of sp³-hybridized carbons (Fsp3) is 0.0833. The zero-order chi connectivity index (χ0) is 14.0. The van der Waals surface area contributed by atoms with Crippen LogP contribution >= 0.6 is 27.7 Å². The molecule has 1 aromatic carbocycles. The van der Waals surface area contributed by atoms with Crippen molar-refractivity contribution in [1.82, 2.24) is 9.97 Å². The third kappa shape index (κ3) is 2.69. The number of nitrogens with zero attached hydrogens (tertiary/aromatic N) is 2. The smallest absolute Gasteiger partial charge is 0.270 e. The van der Waals surface area contributed by atoms with Crippen LogP contribution in [0.5, 0.6) is 0 Å². The van der Waals surface area contributed by atoms with Gasteiger partial charge in [-0.1, -0.05) is 27.7 Å². The van der Waals surface area contributed by atoms with Gasteiger partial charge in [0.25, 0.3) is 5.56 Å². The zero-order valence-corrected chi connectivity index (χ0v) is 12.1. The molecular formula is C12H7BrFN3OS. The highest BCUT2D eigenvalue weighted by atomic mass is 79.9. The second kappa shape index (κ2) is 5.55. The molecule has 0 aliphatic rings. The fourth-order valence-corrected chi connectivity index (χ4v) is 2.27. The first kappa shape index (κ1) is 13.8. The van der Waals surface area contributed by atoms with E-state index in [1.54, 1.807) is 12.3 Å². The second-order valence-electron chi connectivity index (χ2n) is 3.53. The molecule has 0 fully saturated rings. The molecular weight excluding hydrogens is 333 g/mol. The van der Waals surface area contributed by atoms with Crippen molar-refractivity contribution in [1.29, 1.82) is 5.26 Å². The molecule has 1 N–H and O–H groups in total. The van der Waals surface area contributed by atoms with Crippen molar-refractivity contribution >= 4 is 27.7 Å². The van der Waals surface area contributed by atoms with Crippen LogP contribution in [0.2, 0.25) is 0 Å². The summed E-state index contributed by atoms with van der Waals surface area (Å²) in [4.78, 5) is 18.3. The highest BCUT2D eigenvalue weighted by Crippen LogP contribution is 2.27. The molecule has 19 heavy (non-hydrogen) atoms. The molecule has 0 radical (unpaired) electrons. The second-order valence-corrected chi connectivity index (χ2v) is 5.25. The summed E-state index contributed by atoms with van der Waals surface area (Å²) in [6, 6.07) is 6.04. The van der Waals surface area contributed by atoms with Gasteiger partial charge in [0.2, 0.25) is 0 Å². The van der Waals surface area contributed by atoms with E-state index < -0.39 is 11.4 Å². The summed E-state index contributed by atoms with van der Waals surface area (Å²) in [6.45, 7) is 0. The molecule has 0 aliphatic heterocycles. The number of H-pyrrole nitrogens is 1. The van der Waals surface area contributed by atoms with Gasteiger partial charge in [-0.3, -0.25) is 4.79 Å². The number of aromatic amines is 1. The van der Waals surface area contributed by atoms with E-state index in [0.717, 1.165) is 0 Å². The summed E-state index contributed by atoms with van der Waals surface area (Å²) in [5.41, 5.74) is -0.604. The van der Waals surface area contributed by atoms with Gasteiger partial charge in [0.1, 0.15) is 17.4 Å². The standard InChI is InChI=1S/C12H7BrFN3OS/c1-19-12-16-10(8(5-15)11(18)17-12)7-4-6(13)2-3-9(7)14/h2-4H,1H3,(H,16,17,18). The van der Waals surface area contributed by atoms with E-state index in [0.29, 0.717) is 9.63 Å². The van der Waals surface area contributed by atoms with Crippen molar-refractivity contribution in [3.8, 4) is 17.3 Å². The number of hydrogen-bond donors (Lipinski definition) is 1. The minimum Gasteiger partial charge on any atom is -0.300 e. The molecule has 2 aromatic rings. The largest absolute Gasteiger partial charge is 0.300 e. The van der Waals surface area contributed by atoms with Crippen LogP contribution in [-0.2, 0) is 0 Å². The van der Waals surface area contributed by atoms with Gasteiger partial charge in [0.05, 0.1) is 5.69 Å². The minimum absolute atomic E-state index is 0.0504. The van der Waals surface area contributed by atoms with Crippen LogP contribution in [0.3, 0.4) is 0 Å². The molecule has 4 nitrogen and oxygen atoms in total. The Hall–Kier alpha value is -1.65. The average molecular weight is 340 g/mol. The summed E-state index contributed by atoms with van der Waals surface area (Å²) < 4.78 is 14.5. The molecule has 0 spiro atoms. The minimum atomic E-state index is -0.573. The molecule has 0 unspecified atom stereocenters. The van der Waals surface area contributed by atoms with E-state index in [1.807, 2.05) is 0 Å². The lowest BCUT2D eigenvalue weighted by atomic mass is 10.1. The maximum atomic E-state index is 13.8. The maximum absolute atomic E-state index is 13.8. The first-order valence-corrected chi connectivity index (χ1v) is 7.12. The molecule has 7 heteroatoms. The summed E-state index contributed by atoms with van der Waals surface area (Å²) in [6.07, 6.45) is 1.73. The van der Waals surface area contributed by atoms with E-state index in [9.17, 15) is 9.18 Å². The number of thioether (sulfide) groups is 1. The number of aromatic nitrogens is 2. The number of benzene rings is 1. The van der Waals surface area contributed by atoms with Gasteiger partial charge in [0.15, 0.2) is 5.16 Å². The molecule has 96 valence electrons. The molecule has 0 saturated heterocycles. The molecule has 0 amide bonds. The van der Waals surface area contributed by atoms with Crippen LogP contribution in [0.4, 0.5) is 4.39 Å². The quantitative estimate of drug-likeness (QED) is 0.674. The van der Waals surface area contributed by atoms with Crippen LogP contribution in [0.25, 0.3) is 11.3 Å². The van der Waals surface area contributed by atoms with Gasteiger partial charge in [-0.2, -0.15) is 5.26 Å². The molecule has 0 bridgehead atoms. The SMILES string of the molecule is CSc1nc(-c2cc(Br)ccc2F)c(C#N)c(=O)[nH]1. The lowest BCUT2D eigenvalue weighted by Crippen LogP contribution is -2.15. The van der Waals surface area contributed by atoms with Crippen molar-refractivity contribution in [2.24, 2.45) is 0 Å². The van der Waals surface area contributed by atoms with Gasteiger partial charge in [0, 0.05) is 10.0 Å². The van der Waals surface area contributed by atoms with E-state index in [4.69, 9.17) is 5.26 Å². The van der Waals surface area contributed by atoms with Gasteiger partial charge < -0.3 is 4.98 Å². The van der Waals surface area contributed by atoms with Crippen molar-refractivity contribution in [2.45, 2.75) is 5.16 Å². The summed E-state index contributed by atoms with van der Waals surface area (Å²) in [7, 11) is 0. The molecule has 1 heterocycles. The van der Waals surface area contributed by atoms with Crippen LogP contribution in [0.1, 0.15) is 5.56 Å². The first-order valence-electron chi connectivity index (χ1n) is 5.10. The zero-order valence-electron chi connectivity index (χ0n) is 9.70. The van der Waals surface area contributed by atoms with Crippen LogP contribution in [0, 0.1) is 17.1 Å². The molecule has 1 aromatic heterocycles. The molecule has 2 rings (SSSR count). The third-order valence-corrected chi connectivity index (χ3v) is 3.46. The van der Waals surface area contributed by atoms with Gasteiger partial charge in [-0.05, 0) is 24.5 Å². The highest BCUT2D eigenvalue weighted by molar-refractivity contribution is 9.10. The van der Waals surface area contributed by atoms with Gasteiger partial charge >= 0.3 is 0 Å². The van der Waals surface area contributed by atoms with Crippen molar-refractivity contribution in [3.05, 3.63) is 44.4 Å². The number of nitriles is 1. The molecule has 0 aliphatic carbocycles. The van der Waals surface area contributed by atoms with Crippen molar-refractivity contribution in [2.75, 3.05) is 6.26 Å². The monoisotopic (exact) mass is 339 g/mol. The predicted octanol–water partition coefficient (Wildman–Crippen LogP) is 2.93. The van der Waals surface area contributed by atoms with Crippen molar-refractivity contribution < 1.29 is 4.39 Å².